The van der Waals surface area contributed by atoms with E-state index in [0.29, 0.717) is 19.0 Å². The summed E-state index contributed by atoms with van der Waals surface area (Å²) >= 11 is 0. The Morgan fingerprint density at radius 2 is 2.16 bits per heavy atom. The molecule has 0 amide bonds. The first-order chi connectivity index (χ1) is 11.9. The Morgan fingerprint density at radius 3 is 2.88 bits per heavy atom. The zero-order valence-corrected chi connectivity index (χ0v) is 15.4. The van der Waals surface area contributed by atoms with E-state index in [-0.39, 0.29) is 28.1 Å². The highest BCUT2D eigenvalue weighted by Gasteiger charge is 2.64. The van der Waals surface area contributed by atoms with Crippen LogP contribution in [-0.4, -0.2) is 63.1 Å². The summed E-state index contributed by atoms with van der Waals surface area (Å²) < 4.78 is 34.2. The molecular weight excluding hydrogens is 338 g/mol. The Bertz CT molecular complexity index is 832. The Kier molecular flexibility index (Phi) is 3.92. The minimum atomic E-state index is -3.69. The van der Waals surface area contributed by atoms with E-state index < -0.39 is 10.0 Å². The maximum absolute atomic E-state index is 13.2. The zero-order valence-electron chi connectivity index (χ0n) is 14.6. The van der Waals surface area contributed by atoms with Crippen molar-refractivity contribution in [3.05, 3.63) is 29.8 Å². The van der Waals surface area contributed by atoms with Gasteiger partial charge in [0.2, 0.25) is 10.0 Å². The number of hydrogen-bond acceptors (Lipinski definition) is 5. The van der Waals surface area contributed by atoms with Crippen molar-refractivity contribution >= 4 is 10.0 Å². The van der Waals surface area contributed by atoms with Gasteiger partial charge in [0.15, 0.2) is 0 Å². The maximum atomic E-state index is 13.2. The second-order valence-corrected chi connectivity index (χ2v) is 9.60. The second kappa shape index (κ2) is 5.78. The Balaban J connectivity index is 1.65. The molecule has 0 aliphatic carbocycles. The van der Waals surface area contributed by atoms with E-state index in [1.165, 1.54) is 10.4 Å². The van der Waals surface area contributed by atoms with Gasteiger partial charge in [-0.2, -0.15) is 9.57 Å². The topological polar surface area (TPSA) is 73.6 Å². The minimum absolute atomic E-state index is 0.104. The van der Waals surface area contributed by atoms with Crippen molar-refractivity contribution in [3.63, 3.8) is 0 Å². The number of nitrogens with zero attached hydrogens (tertiary/aromatic N) is 3. The van der Waals surface area contributed by atoms with Crippen LogP contribution in [0.1, 0.15) is 18.4 Å². The number of rotatable bonds is 4. The quantitative estimate of drug-likeness (QED) is 0.808. The highest BCUT2D eigenvalue weighted by molar-refractivity contribution is 7.89. The van der Waals surface area contributed by atoms with Crippen molar-refractivity contribution in [2.24, 2.45) is 11.8 Å². The van der Waals surface area contributed by atoms with E-state index in [2.05, 4.69) is 4.90 Å². The lowest BCUT2D eigenvalue weighted by atomic mass is 9.73. The van der Waals surface area contributed by atoms with Crippen LogP contribution in [0.4, 0.5) is 0 Å². The van der Waals surface area contributed by atoms with Crippen molar-refractivity contribution in [2.45, 2.75) is 29.4 Å². The first kappa shape index (κ1) is 17.0. The van der Waals surface area contributed by atoms with Gasteiger partial charge in [-0.25, -0.2) is 8.42 Å². The van der Waals surface area contributed by atoms with Gasteiger partial charge in [0.05, 0.1) is 22.2 Å². The molecule has 3 fully saturated rings. The molecule has 2 bridgehead atoms. The van der Waals surface area contributed by atoms with Crippen LogP contribution in [0.25, 0.3) is 0 Å². The van der Waals surface area contributed by atoms with Gasteiger partial charge in [0.1, 0.15) is 6.07 Å². The van der Waals surface area contributed by atoms with Gasteiger partial charge in [0, 0.05) is 31.5 Å². The van der Waals surface area contributed by atoms with E-state index in [0.717, 1.165) is 19.4 Å². The molecule has 3 saturated heterocycles. The number of nitriles is 1. The molecule has 6 nitrogen and oxygen atoms in total. The van der Waals surface area contributed by atoms with Gasteiger partial charge in [0.25, 0.3) is 0 Å². The number of benzene rings is 1. The summed E-state index contributed by atoms with van der Waals surface area (Å²) in [6.07, 6.45) is 2.19. The molecule has 4 rings (SSSR count). The largest absolute Gasteiger partial charge is 0.370 e. The zero-order chi connectivity index (χ0) is 17.8. The van der Waals surface area contributed by atoms with Crippen molar-refractivity contribution < 1.29 is 13.2 Å². The van der Waals surface area contributed by atoms with Crippen molar-refractivity contribution in [1.29, 1.82) is 5.26 Å². The molecule has 3 aliphatic rings. The molecule has 0 aromatic heterocycles. The predicted molar refractivity (Wildman–Crippen MR) is 92.3 cm³/mol. The van der Waals surface area contributed by atoms with E-state index >= 15 is 0 Å². The number of hydrogen-bond donors (Lipinski definition) is 0. The highest BCUT2D eigenvalue weighted by Crippen LogP contribution is 2.55. The van der Waals surface area contributed by atoms with Crippen LogP contribution in [0.15, 0.2) is 29.2 Å². The van der Waals surface area contributed by atoms with Crippen LogP contribution < -0.4 is 0 Å². The number of fused-ring (bicyclic) bond motifs is 1. The molecule has 7 heteroatoms. The van der Waals surface area contributed by atoms with E-state index in [1.54, 1.807) is 18.2 Å². The first-order valence-electron chi connectivity index (χ1n) is 8.69. The third kappa shape index (κ3) is 2.51. The smallest absolute Gasteiger partial charge is 0.244 e. The average molecular weight is 361 g/mol. The molecule has 3 aliphatic heterocycles. The molecule has 1 aromatic rings. The van der Waals surface area contributed by atoms with Gasteiger partial charge in [-0.05, 0) is 39.1 Å². The molecule has 0 N–H and O–H groups in total. The standard InChI is InChI=1S/C18H23N3O3S/c1-20(2)10-14-15-11-21(12-18(15)8-7-16(14)24-18)25(22,23)17-6-4-3-5-13(17)9-19/h3-6,14-16H,7-8,10-12H2,1-2H3/t14-,15+,16+,18+/m0/s1. The molecule has 0 unspecified atom stereocenters. The summed E-state index contributed by atoms with van der Waals surface area (Å²) in [7, 11) is 0.406. The summed E-state index contributed by atoms with van der Waals surface area (Å²) in [6.45, 7) is 1.80. The Morgan fingerprint density at radius 1 is 1.40 bits per heavy atom. The van der Waals surface area contributed by atoms with Crippen LogP contribution in [0.5, 0.6) is 0 Å². The third-order valence-electron chi connectivity index (χ3n) is 5.95. The van der Waals surface area contributed by atoms with Gasteiger partial charge in [-0.3, -0.25) is 0 Å². The first-order valence-corrected chi connectivity index (χ1v) is 10.1. The normalized spacial score (nSPS) is 34.4. The lowest BCUT2D eigenvalue weighted by Crippen LogP contribution is -2.40. The molecule has 0 radical (unpaired) electrons. The van der Waals surface area contributed by atoms with E-state index in [9.17, 15) is 13.7 Å². The second-order valence-electron chi connectivity index (χ2n) is 7.70. The van der Waals surface area contributed by atoms with Gasteiger partial charge in [-0.15, -0.1) is 0 Å². The molecule has 1 aromatic carbocycles. The van der Waals surface area contributed by atoms with Crippen molar-refractivity contribution in [3.8, 4) is 6.07 Å². The minimum Gasteiger partial charge on any atom is -0.370 e. The SMILES string of the molecule is CN(C)C[C@H]1[C@H]2CN(S(=O)(=O)c3ccccc3C#N)C[C@]23CC[C@H]1O3. The van der Waals surface area contributed by atoms with E-state index in [1.807, 2.05) is 20.2 Å². The summed E-state index contributed by atoms with van der Waals surface area (Å²) in [6, 6.07) is 8.43. The molecule has 134 valence electrons. The van der Waals surface area contributed by atoms with Crippen LogP contribution >= 0.6 is 0 Å². The monoisotopic (exact) mass is 361 g/mol. The highest BCUT2D eigenvalue weighted by atomic mass is 32.2. The molecule has 25 heavy (non-hydrogen) atoms. The van der Waals surface area contributed by atoms with Crippen LogP contribution in [-0.2, 0) is 14.8 Å². The fourth-order valence-electron chi connectivity index (χ4n) is 4.92. The summed E-state index contributed by atoms with van der Waals surface area (Å²) in [5, 5.41) is 9.27. The number of sulfonamides is 1. The predicted octanol–water partition coefficient (Wildman–Crippen LogP) is 1.29. The maximum Gasteiger partial charge on any atom is 0.244 e. The summed E-state index contributed by atoms with van der Waals surface area (Å²) in [5.41, 5.74) is -0.132. The molecule has 3 heterocycles. The fourth-order valence-corrected chi connectivity index (χ4v) is 6.59. The average Bonchev–Trinajstić information content (AvgIpc) is 3.24. The fraction of sp³-hybridized carbons (Fsp3) is 0.611. The van der Waals surface area contributed by atoms with Crippen molar-refractivity contribution in [1.82, 2.24) is 9.21 Å². The summed E-state index contributed by atoms with van der Waals surface area (Å²) in [4.78, 5) is 2.26. The lowest BCUT2D eigenvalue weighted by Gasteiger charge is -2.31. The van der Waals surface area contributed by atoms with Gasteiger partial charge >= 0.3 is 0 Å². The molecular formula is C18H23N3O3S. The Labute approximate surface area is 149 Å². The molecule has 1 spiro atoms. The van der Waals surface area contributed by atoms with Crippen LogP contribution in [0.3, 0.4) is 0 Å². The van der Waals surface area contributed by atoms with Crippen LogP contribution in [0.2, 0.25) is 0 Å². The third-order valence-corrected chi connectivity index (χ3v) is 7.82. The van der Waals surface area contributed by atoms with Crippen molar-refractivity contribution in [2.75, 3.05) is 33.7 Å². The van der Waals surface area contributed by atoms with Gasteiger partial charge in [-0.1, -0.05) is 12.1 Å². The number of ether oxygens (including phenoxy) is 1. The lowest BCUT2D eigenvalue weighted by molar-refractivity contribution is 0.00739. The summed E-state index contributed by atoms with van der Waals surface area (Å²) in [5.74, 6) is 0.604. The molecule has 0 saturated carbocycles. The van der Waals surface area contributed by atoms with Crippen LogP contribution in [0, 0.1) is 23.2 Å². The van der Waals surface area contributed by atoms with Gasteiger partial charge < -0.3 is 9.64 Å². The molecule has 4 atom stereocenters. The Hall–Kier alpha value is -1.46. The van der Waals surface area contributed by atoms with E-state index in [4.69, 9.17) is 4.74 Å².